The van der Waals surface area contributed by atoms with Gasteiger partial charge in [0.2, 0.25) is 5.67 Å². The van der Waals surface area contributed by atoms with Crippen molar-refractivity contribution in [3.63, 3.8) is 0 Å². The van der Waals surface area contributed by atoms with E-state index in [1.54, 1.807) is 31.4 Å². The van der Waals surface area contributed by atoms with E-state index in [1.807, 2.05) is 0 Å². The number of alkyl halides is 1. The molecule has 1 aliphatic heterocycles. The number of hydrogen-bond acceptors (Lipinski definition) is 5. The molecule has 2 aromatic rings. The van der Waals surface area contributed by atoms with Crippen LogP contribution >= 0.6 is 0 Å². The molecule has 0 spiro atoms. The molecule has 1 saturated carbocycles. The van der Waals surface area contributed by atoms with Gasteiger partial charge in [0, 0.05) is 18.0 Å². The molecule has 0 bridgehead atoms. The Kier molecular flexibility index (Phi) is 3.94. The number of carbonyl (C=O) groups excluding carboxylic acids is 1. The van der Waals surface area contributed by atoms with Crippen LogP contribution in [0.25, 0.3) is 0 Å². The fourth-order valence-corrected chi connectivity index (χ4v) is 3.22. The Bertz CT molecular complexity index is 789. The van der Waals surface area contributed by atoms with Gasteiger partial charge in [-0.1, -0.05) is 11.2 Å². The number of benzene rings is 1. The first-order chi connectivity index (χ1) is 12.1. The predicted molar refractivity (Wildman–Crippen MR) is 87.2 cm³/mol. The summed E-state index contributed by atoms with van der Waals surface area (Å²) in [6.45, 7) is 0.431. The fourth-order valence-electron chi connectivity index (χ4n) is 3.22. The number of likely N-dealkylation sites (tertiary alicyclic amines) is 1. The van der Waals surface area contributed by atoms with Gasteiger partial charge in [0.25, 0.3) is 11.8 Å². The minimum absolute atomic E-state index is 0.00228. The summed E-state index contributed by atoms with van der Waals surface area (Å²) in [5, 5.41) is 3.90. The molecule has 1 aromatic heterocycles. The molecule has 132 valence electrons. The fraction of sp³-hybridized carbons (Fsp3) is 0.500. The van der Waals surface area contributed by atoms with Crippen LogP contribution in [0, 0.1) is 0 Å². The number of aromatic nitrogens is 2. The first-order valence-electron chi connectivity index (χ1n) is 8.55. The highest BCUT2D eigenvalue weighted by Crippen LogP contribution is 2.41. The topological polar surface area (TPSA) is 68.5 Å². The third kappa shape index (κ3) is 3.10. The van der Waals surface area contributed by atoms with Gasteiger partial charge in [0.1, 0.15) is 5.75 Å². The second kappa shape index (κ2) is 6.13. The molecule has 1 amide bonds. The Hall–Kier alpha value is -2.44. The zero-order valence-corrected chi connectivity index (χ0v) is 14.1. The molecule has 2 fully saturated rings. The third-order valence-electron chi connectivity index (χ3n) is 4.81. The molecule has 2 aliphatic rings. The van der Waals surface area contributed by atoms with Crippen LogP contribution in [0.15, 0.2) is 28.8 Å². The normalized spacial score (nSPS) is 23.5. The Morgan fingerprint density at radius 1 is 1.44 bits per heavy atom. The molecule has 0 radical (unpaired) electrons. The predicted octanol–water partition coefficient (Wildman–Crippen LogP) is 3.06. The zero-order valence-electron chi connectivity index (χ0n) is 14.1. The molecule has 2 heterocycles. The molecular weight excluding hydrogens is 325 g/mol. The third-order valence-corrected chi connectivity index (χ3v) is 4.81. The second-order valence-corrected chi connectivity index (χ2v) is 6.76. The molecule has 0 unspecified atom stereocenters. The number of hydrogen-bond donors (Lipinski definition) is 0. The van der Waals surface area contributed by atoms with E-state index in [2.05, 4.69) is 10.1 Å². The summed E-state index contributed by atoms with van der Waals surface area (Å²) in [6.07, 6.45) is 2.88. The van der Waals surface area contributed by atoms with Crippen LogP contribution in [-0.4, -0.2) is 41.1 Å². The van der Waals surface area contributed by atoms with E-state index in [0.29, 0.717) is 36.0 Å². The minimum atomic E-state index is -1.78. The van der Waals surface area contributed by atoms with Gasteiger partial charge < -0.3 is 14.2 Å². The van der Waals surface area contributed by atoms with Crippen LogP contribution in [0.1, 0.15) is 53.7 Å². The van der Waals surface area contributed by atoms with E-state index >= 15 is 4.39 Å². The highest BCUT2D eigenvalue weighted by Gasteiger charge is 2.44. The lowest BCUT2D eigenvalue weighted by atomic mass is 9.94. The summed E-state index contributed by atoms with van der Waals surface area (Å²) < 4.78 is 25.8. The molecule has 1 aliphatic carbocycles. The molecular formula is C18H20FN3O3. The van der Waals surface area contributed by atoms with E-state index in [4.69, 9.17) is 9.26 Å². The van der Waals surface area contributed by atoms with Gasteiger partial charge in [-0.25, -0.2) is 4.39 Å². The highest BCUT2D eigenvalue weighted by atomic mass is 19.1. The van der Waals surface area contributed by atoms with Crippen molar-refractivity contribution in [3.05, 3.63) is 41.5 Å². The van der Waals surface area contributed by atoms with Crippen LogP contribution in [0.2, 0.25) is 0 Å². The summed E-state index contributed by atoms with van der Waals surface area (Å²) in [4.78, 5) is 18.5. The van der Waals surface area contributed by atoms with Gasteiger partial charge >= 0.3 is 0 Å². The Balaban J connectivity index is 1.53. The van der Waals surface area contributed by atoms with Crippen LogP contribution < -0.4 is 4.74 Å². The maximum absolute atomic E-state index is 15.5. The summed E-state index contributed by atoms with van der Waals surface area (Å²) in [5.41, 5.74) is -1.31. The number of nitrogens with zero attached hydrogens (tertiary/aromatic N) is 3. The lowest BCUT2D eigenvalue weighted by Crippen LogP contribution is -2.46. The van der Waals surface area contributed by atoms with E-state index in [9.17, 15) is 4.79 Å². The monoisotopic (exact) mass is 345 g/mol. The molecule has 1 aromatic carbocycles. The molecule has 6 nitrogen and oxygen atoms in total. The van der Waals surface area contributed by atoms with E-state index in [-0.39, 0.29) is 24.8 Å². The van der Waals surface area contributed by atoms with Crippen LogP contribution in [0.4, 0.5) is 4.39 Å². The van der Waals surface area contributed by atoms with Crippen molar-refractivity contribution in [2.24, 2.45) is 0 Å². The lowest BCUT2D eigenvalue weighted by Gasteiger charge is -2.35. The smallest absolute Gasteiger partial charge is 0.266 e. The van der Waals surface area contributed by atoms with Crippen molar-refractivity contribution in [1.82, 2.24) is 15.0 Å². The average molecular weight is 345 g/mol. The van der Waals surface area contributed by atoms with Crippen LogP contribution in [-0.2, 0) is 5.67 Å². The van der Waals surface area contributed by atoms with Crippen molar-refractivity contribution in [3.8, 4) is 5.75 Å². The molecule has 1 saturated heterocycles. The van der Waals surface area contributed by atoms with Crippen molar-refractivity contribution in [2.75, 3.05) is 20.2 Å². The maximum atomic E-state index is 15.5. The minimum Gasteiger partial charge on any atom is -0.497 e. The van der Waals surface area contributed by atoms with Gasteiger partial charge in [0.05, 0.1) is 13.7 Å². The molecule has 1 atom stereocenters. The molecule has 25 heavy (non-hydrogen) atoms. The number of carbonyl (C=O) groups is 1. The average Bonchev–Trinajstić information content (AvgIpc) is 3.37. The van der Waals surface area contributed by atoms with Crippen LogP contribution in [0.3, 0.4) is 0 Å². The number of rotatable bonds is 4. The van der Waals surface area contributed by atoms with Gasteiger partial charge in [-0.2, -0.15) is 4.98 Å². The maximum Gasteiger partial charge on any atom is 0.266 e. The quantitative estimate of drug-likeness (QED) is 0.852. The summed E-state index contributed by atoms with van der Waals surface area (Å²) in [7, 11) is 1.55. The number of piperidine rings is 1. The van der Waals surface area contributed by atoms with Crippen molar-refractivity contribution in [1.29, 1.82) is 0 Å². The Morgan fingerprint density at radius 2 is 2.28 bits per heavy atom. The molecule has 4 rings (SSSR count). The zero-order chi connectivity index (χ0) is 17.4. The number of ether oxygens (including phenoxy) is 1. The van der Waals surface area contributed by atoms with Gasteiger partial charge in [0.15, 0.2) is 5.82 Å². The summed E-state index contributed by atoms with van der Waals surface area (Å²) >= 11 is 0. The lowest BCUT2D eigenvalue weighted by molar-refractivity contribution is 0.0152. The number of halogens is 1. The number of amides is 1. The van der Waals surface area contributed by atoms with Gasteiger partial charge in [-0.3, -0.25) is 4.79 Å². The van der Waals surface area contributed by atoms with E-state index in [1.165, 1.54) is 4.90 Å². The highest BCUT2D eigenvalue weighted by molar-refractivity contribution is 5.94. The van der Waals surface area contributed by atoms with Crippen LogP contribution in [0.5, 0.6) is 5.75 Å². The van der Waals surface area contributed by atoms with Crippen molar-refractivity contribution >= 4 is 5.91 Å². The summed E-state index contributed by atoms with van der Waals surface area (Å²) in [5.74, 6) is 1.27. The first kappa shape index (κ1) is 16.1. The van der Waals surface area contributed by atoms with Crippen molar-refractivity contribution < 1.29 is 18.4 Å². The second-order valence-electron chi connectivity index (χ2n) is 6.76. The SMILES string of the molecule is COc1cccc(C(=O)N2CCC[C@@](F)(c3nc(C4CC4)no3)C2)c1. The number of methoxy groups -OCH3 is 1. The largest absolute Gasteiger partial charge is 0.497 e. The van der Waals surface area contributed by atoms with E-state index in [0.717, 1.165) is 12.8 Å². The Labute approximate surface area is 145 Å². The van der Waals surface area contributed by atoms with Crippen molar-refractivity contribution in [2.45, 2.75) is 37.3 Å². The molecule has 0 N–H and O–H groups in total. The molecule has 7 heteroatoms. The van der Waals surface area contributed by atoms with Gasteiger partial charge in [-0.15, -0.1) is 0 Å². The summed E-state index contributed by atoms with van der Waals surface area (Å²) in [6, 6.07) is 6.88. The van der Waals surface area contributed by atoms with E-state index < -0.39 is 5.67 Å². The first-order valence-corrected chi connectivity index (χ1v) is 8.55. The van der Waals surface area contributed by atoms with Gasteiger partial charge in [-0.05, 0) is 43.9 Å². The Morgan fingerprint density at radius 3 is 3.04 bits per heavy atom. The standard InChI is InChI=1S/C18H20FN3O3/c1-24-14-5-2-4-13(10-14)16(23)22-9-3-8-18(19,11-22)17-20-15(21-25-17)12-6-7-12/h2,4-5,10,12H,3,6-9,11H2,1H3/t18-/m0/s1.